The van der Waals surface area contributed by atoms with Gasteiger partial charge < -0.3 is 18.9 Å². The van der Waals surface area contributed by atoms with Crippen LogP contribution in [0.2, 0.25) is 0 Å². The van der Waals surface area contributed by atoms with E-state index in [-0.39, 0.29) is 0 Å². The fourth-order valence-electron chi connectivity index (χ4n) is 5.82. The van der Waals surface area contributed by atoms with E-state index < -0.39 is 7.14 Å². The van der Waals surface area contributed by atoms with Crippen LogP contribution in [0.4, 0.5) is 17.1 Å². The zero-order valence-corrected chi connectivity index (χ0v) is 28.3. The Labute approximate surface area is 288 Å². The lowest BCUT2D eigenvalue weighted by molar-refractivity contribution is 0.419. The van der Waals surface area contributed by atoms with E-state index in [9.17, 15) is 4.57 Å². The summed E-state index contributed by atoms with van der Waals surface area (Å²) in [6, 6.07) is 59.6. The molecule has 0 aliphatic heterocycles. The lowest BCUT2D eigenvalue weighted by Gasteiger charge is -2.26. The standard InChI is InChI=1S/C44H36NO3P/c1-33-17-21-35(22-18-33)45(36-23-19-34(2)20-24-36)37-25-27-38(28-26-37)47-43-15-9-10-16-44(43)48-39-29-31-42(32-30-39)49(46,40-11-5-3-6-12-40)41-13-7-4-8-14-41/h3-32H,1-2H3. The average Bonchev–Trinajstić information content (AvgIpc) is 3.15. The van der Waals surface area contributed by atoms with Crippen LogP contribution in [0, 0.1) is 13.8 Å². The summed E-state index contributed by atoms with van der Waals surface area (Å²) in [5.74, 6) is 2.48. The van der Waals surface area contributed by atoms with Crippen molar-refractivity contribution in [1.82, 2.24) is 0 Å². The number of ether oxygens (including phenoxy) is 2. The van der Waals surface area contributed by atoms with Crippen molar-refractivity contribution < 1.29 is 14.0 Å². The number of hydrogen-bond acceptors (Lipinski definition) is 4. The first kappa shape index (κ1) is 31.8. The lowest BCUT2D eigenvalue weighted by Crippen LogP contribution is -2.24. The van der Waals surface area contributed by atoms with Crippen molar-refractivity contribution in [1.29, 1.82) is 0 Å². The fraction of sp³-hybridized carbons (Fsp3) is 0.0455. The van der Waals surface area contributed by atoms with Gasteiger partial charge in [0.25, 0.3) is 0 Å². The van der Waals surface area contributed by atoms with Crippen molar-refractivity contribution >= 4 is 40.1 Å². The maximum absolute atomic E-state index is 14.7. The molecule has 7 aromatic rings. The van der Waals surface area contributed by atoms with Gasteiger partial charge in [-0.15, -0.1) is 0 Å². The Bertz CT molecular complexity index is 2090. The molecule has 0 fully saturated rings. The predicted octanol–water partition coefficient (Wildman–Crippen LogP) is 11.0. The number of hydrogen-bond donors (Lipinski definition) is 0. The Morgan fingerprint density at radius 2 is 0.714 bits per heavy atom. The Kier molecular flexibility index (Phi) is 9.14. The fourth-order valence-corrected chi connectivity index (χ4v) is 8.47. The first-order chi connectivity index (χ1) is 24.0. The molecule has 4 nitrogen and oxygen atoms in total. The molecule has 0 aromatic heterocycles. The van der Waals surface area contributed by atoms with E-state index in [1.165, 1.54) is 11.1 Å². The average molecular weight is 658 g/mol. The van der Waals surface area contributed by atoms with Crippen LogP contribution in [-0.2, 0) is 4.57 Å². The van der Waals surface area contributed by atoms with Crippen LogP contribution in [0.1, 0.15) is 11.1 Å². The van der Waals surface area contributed by atoms with Crippen LogP contribution < -0.4 is 30.3 Å². The SMILES string of the molecule is Cc1ccc(N(c2ccc(C)cc2)c2ccc(Oc3ccccc3Oc3ccc(P(=O)(c4ccccc4)c4ccccc4)cc3)cc2)cc1. The second-order valence-electron chi connectivity index (χ2n) is 11.9. The maximum atomic E-state index is 14.7. The van der Waals surface area contributed by atoms with Gasteiger partial charge in [0.15, 0.2) is 18.6 Å². The molecule has 0 spiro atoms. The lowest BCUT2D eigenvalue weighted by atomic mass is 10.1. The summed E-state index contributed by atoms with van der Waals surface area (Å²) in [7, 11) is -3.07. The molecule has 240 valence electrons. The number of aryl methyl sites for hydroxylation is 2. The zero-order valence-electron chi connectivity index (χ0n) is 27.4. The molecule has 0 aliphatic rings. The molecule has 7 rings (SSSR count). The van der Waals surface area contributed by atoms with Crippen LogP contribution in [0.15, 0.2) is 182 Å². The second kappa shape index (κ2) is 14.1. The van der Waals surface area contributed by atoms with E-state index in [0.717, 1.165) is 33.0 Å². The molecular weight excluding hydrogens is 621 g/mol. The van der Waals surface area contributed by atoms with Gasteiger partial charge in [-0.2, -0.15) is 0 Å². The van der Waals surface area contributed by atoms with Gasteiger partial charge in [-0.3, -0.25) is 0 Å². The molecule has 0 heterocycles. The Morgan fingerprint density at radius 3 is 1.12 bits per heavy atom. The van der Waals surface area contributed by atoms with E-state index in [0.29, 0.717) is 23.0 Å². The molecule has 0 unspecified atom stereocenters. The molecule has 0 aliphatic carbocycles. The highest BCUT2D eigenvalue weighted by molar-refractivity contribution is 7.85. The highest BCUT2D eigenvalue weighted by Gasteiger charge is 2.29. The van der Waals surface area contributed by atoms with E-state index in [4.69, 9.17) is 9.47 Å². The Balaban J connectivity index is 1.12. The minimum atomic E-state index is -3.07. The van der Waals surface area contributed by atoms with E-state index in [1.807, 2.05) is 121 Å². The van der Waals surface area contributed by atoms with Crippen molar-refractivity contribution in [3.05, 3.63) is 193 Å². The summed E-state index contributed by atoms with van der Waals surface area (Å²) in [5, 5.41) is 2.33. The Hall–Kier alpha value is -5.83. The predicted molar refractivity (Wildman–Crippen MR) is 203 cm³/mol. The van der Waals surface area contributed by atoms with Gasteiger partial charge in [0, 0.05) is 33.0 Å². The monoisotopic (exact) mass is 657 g/mol. The second-order valence-corrected chi connectivity index (χ2v) is 14.7. The molecule has 5 heteroatoms. The van der Waals surface area contributed by atoms with Crippen molar-refractivity contribution in [3.8, 4) is 23.0 Å². The third-order valence-corrected chi connectivity index (χ3v) is 11.5. The van der Waals surface area contributed by atoms with Gasteiger partial charge in [-0.25, -0.2) is 0 Å². The number of benzene rings is 7. The third-order valence-electron chi connectivity index (χ3n) is 8.42. The molecule has 0 radical (unpaired) electrons. The minimum Gasteiger partial charge on any atom is -0.453 e. The number of anilines is 3. The molecule has 0 bridgehead atoms. The van der Waals surface area contributed by atoms with Crippen molar-refractivity contribution in [2.45, 2.75) is 13.8 Å². The molecule has 0 N–H and O–H groups in total. The van der Waals surface area contributed by atoms with Gasteiger partial charge in [0.1, 0.15) is 11.5 Å². The smallest absolute Gasteiger partial charge is 0.171 e. The summed E-state index contributed by atoms with van der Waals surface area (Å²) in [6.45, 7) is 4.19. The summed E-state index contributed by atoms with van der Waals surface area (Å²) >= 11 is 0. The van der Waals surface area contributed by atoms with Gasteiger partial charge in [-0.05, 0) is 98.8 Å². The first-order valence-electron chi connectivity index (χ1n) is 16.3. The molecule has 7 aromatic carbocycles. The highest BCUT2D eigenvalue weighted by atomic mass is 31.2. The molecule has 49 heavy (non-hydrogen) atoms. The minimum absolute atomic E-state index is 0.578. The zero-order chi connectivity index (χ0) is 33.6. The molecule has 0 amide bonds. The summed E-state index contributed by atoms with van der Waals surface area (Å²) in [6.07, 6.45) is 0. The molecule has 0 saturated heterocycles. The van der Waals surface area contributed by atoms with Crippen LogP contribution in [0.5, 0.6) is 23.0 Å². The number of rotatable bonds is 10. The van der Waals surface area contributed by atoms with E-state index in [1.54, 1.807) is 0 Å². The van der Waals surface area contributed by atoms with Gasteiger partial charge in [-0.1, -0.05) is 108 Å². The van der Waals surface area contributed by atoms with Gasteiger partial charge in [0.2, 0.25) is 0 Å². The van der Waals surface area contributed by atoms with Crippen molar-refractivity contribution in [2.75, 3.05) is 4.90 Å². The maximum Gasteiger partial charge on any atom is 0.171 e. The molecule has 0 saturated carbocycles. The normalized spacial score (nSPS) is 11.1. The number of nitrogens with zero attached hydrogens (tertiary/aromatic N) is 1. The van der Waals surface area contributed by atoms with Crippen LogP contribution >= 0.6 is 7.14 Å². The van der Waals surface area contributed by atoms with Crippen LogP contribution in [-0.4, -0.2) is 0 Å². The topological polar surface area (TPSA) is 38.8 Å². The van der Waals surface area contributed by atoms with Crippen molar-refractivity contribution in [2.24, 2.45) is 0 Å². The van der Waals surface area contributed by atoms with Crippen molar-refractivity contribution in [3.63, 3.8) is 0 Å². The van der Waals surface area contributed by atoms with E-state index in [2.05, 4.69) is 79.4 Å². The van der Waals surface area contributed by atoms with Crippen LogP contribution in [0.25, 0.3) is 0 Å². The Morgan fingerprint density at radius 1 is 0.388 bits per heavy atom. The summed E-state index contributed by atoms with van der Waals surface area (Å²) in [4.78, 5) is 2.23. The molecule has 0 atom stereocenters. The first-order valence-corrected chi connectivity index (χ1v) is 18.0. The molecular formula is C44H36NO3P. The van der Waals surface area contributed by atoms with Gasteiger partial charge in [0.05, 0.1) is 0 Å². The largest absolute Gasteiger partial charge is 0.453 e. The summed E-state index contributed by atoms with van der Waals surface area (Å²) < 4.78 is 27.4. The van der Waals surface area contributed by atoms with Gasteiger partial charge >= 0.3 is 0 Å². The van der Waals surface area contributed by atoms with Crippen LogP contribution in [0.3, 0.4) is 0 Å². The third kappa shape index (κ3) is 6.92. The number of para-hydroxylation sites is 2. The van der Waals surface area contributed by atoms with E-state index >= 15 is 0 Å². The quantitative estimate of drug-likeness (QED) is 0.137. The highest BCUT2D eigenvalue weighted by Crippen LogP contribution is 2.43. The summed E-state index contributed by atoms with van der Waals surface area (Å²) in [5.41, 5.74) is 5.61.